The molecule has 4 heteroatoms. The highest BCUT2D eigenvalue weighted by atomic mass is 16.6. The van der Waals surface area contributed by atoms with E-state index in [2.05, 4.69) is 0 Å². The van der Waals surface area contributed by atoms with Crippen LogP contribution in [-0.4, -0.2) is 12.8 Å². The van der Waals surface area contributed by atoms with E-state index in [0.717, 1.165) is 11.1 Å². The zero-order chi connectivity index (χ0) is 9.14. The van der Waals surface area contributed by atoms with Crippen molar-refractivity contribution in [3.63, 3.8) is 0 Å². The van der Waals surface area contributed by atoms with Gasteiger partial charge in [0.25, 0.3) is 5.69 Å². The van der Waals surface area contributed by atoms with Crippen LogP contribution in [0.3, 0.4) is 0 Å². The Morgan fingerprint density at radius 3 is 2.75 bits per heavy atom. The van der Waals surface area contributed by atoms with Crippen LogP contribution in [0.25, 0.3) is 0 Å². The van der Waals surface area contributed by atoms with Gasteiger partial charge in [-0.15, -0.1) is 0 Å². The van der Waals surface area contributed by atoms with Gasteiger partial charge in [0.2, 0.25) is 0 Å². The van der Waals surface area contributed by atoms with Gasteiger partial charge in [-0.3, -0.25) is 10.1 Å². The molecule has 1 rings (SSSR count). The molecule has 0 aliphatic rings. The van der Waals surface area contributed by atoms with Crippen molar-refractivity contribution in [1.29, 1.82) is 0 Å². The number of nitrogens with zero attached hydrogens (tertiary/aromatic N) is 1. The fraction of sp³-hybridized carbons (Fsp3) is 0.250. The lowest BCUT2D eigenvalue weighted by atomic mass is 9.95. The second kappa shape index (κ2) is 3.39. The number of benzene rings is 1. The second-order valence-corrected chi connectivity index (χ2v) is 2.74. The van der Waals surface area contributed by atoms with Crippen molar-refractivity contribution in [3.8, 4) is 0 Å². The van der Waals surface area contributed by atoms with Gasteiger partial charge in [0, 0.05) is 11.6 Å². The van der Waals surface area contributed by atoms with E-state index >= 15 is 0 Å². The lowest BCUT2D eigenvalue weighted by Crippen LogP contribution is -1.95. The Balaban J connectivity index is 3.21. The van der Waals surface area contributed by atoms with Gasteiger partial charge >= 0.3 is 0 Å². The van der Waals surface area contributed by atoms with Gasteiger partial charge in [-0.2, -0.15) is 0 Å². The predicted molar refractivity (Wildman–Crippen MR) is 50.1 cm³/mol. The van der Waals surface area contributed by atoms with Crippen LogP contribution in [0.5, 0.6) is 0 Å². The van der Waals surface area contributed by atoms with Crippen molar-refractivity contribution < 1.29 is 4.92 Å². The van der Waals surface area contributed by atoms with Gasteiger partial charge < -0.3 is 0 Å². The molecule has 0 amide bonds. The summed E-state index contributed by atoms with van der Waals surface area (Å²) in [5.74, 6) is 0. The number of nitro benzene ring substituents is 1. The first-order valence-corrected chi connectivity index (χ1v) is 3.89. The molecule has 0 fully saturated rings. The molecule has 0 unspecified atom stereocenters. The van der Waals surface area contributed by atoms with E-state index in [1.807, 2.05) is 26.9 Å². The van der Waals surface area contributed by atoms with E-state index in [1.54, 1.807) is 6.07 Å². The van der Waals surface area contributed by atoms with Crippen LogP contribution in [0.1, 0.15) is 11.1 Å². The Hall–Kier alpha value is -1.32. The summed E-state index contributed by atoms with van der Waals surface area (Å²) in [6.45, 7) is 1.85. The minimum absolute atomic E-state index is 0.234. The van der Waals surface area contributed by atoms with Gasteiger partial charge in [0.05, 0.1) is 4.92 Å². The molecule has 62 valence electrons. The molecule has 0 bridgehead atoms. The zero-order valence-corrected chi connectivity index (χ0v) is 7.20. The van der Waals surface area contributed by atoms with E-state index < -0.39 is 0 Å². The van der Waals surface area contributed by atoms with Crippen molar-refractivity contribution in [2.45, 2.75) is 13.2 Å². The summed E-state index contributed by atoms with van der Waals surface area (Å²) in [6, 6.07) is 5.32. The van der Waals surface area contributed by atoms with E-state index in [0.29, 0.717) is 6.32 Å². The van der Waals surface area contributed by atoms with Gasteiger partial charge in [0.15, 0.2) is 0 Å². The minimum atomic E-state index is -0.328. The Labute approximate surface area is 72.0 Å². The molecule has 0 radical (unpaired) electrons. The SMILES string of the molecule is BCc1ccc(C)cc1[N+](=O)[O-]. The van der Waals surface area contributed by atoms with Crippen LogP contribution in [0, 0.1) is 17.0 Å². The Morgan fingerprint density at radius 2 is 2.25 bits per heavy atom. The third-order valence-electron chi connectivity index (χ3n) is 1.82. The third-order valence-corrected chi connectivity index (χ3v) is 1.82. The van der Waals surface area contributed by atoms with E-state index in [4.69, 9.17) is 0 Å². The molecule has 1 aromatic carbocycles. The maximum atomic E-state index is 10.5. The minimum Gasteiger partial charge on any atom is -0.258 e. The fourth-order valence-corrected chi connectivity index (χ4v) is 1.14. The first-order valence-electron chi connectivity index (χ1n) is 3.89. The Kier molecular flexibility index (Phi) is 2.48. The summed E-state index contributed by atoms with van der Waals surface area (Å²) < 4.78 is 0. The van der Waals surface area contributed by atoms with Crippen LogP contribution in [0.2, 0.25) is 0 Å². The van der Waals surface area contributed by atoms with Gasteiger partial charge in [-0.1, -0.05) is 12.1 Å². The van der Waals surface area contributed by atoms with E-state index in [-0.39, 0.29) is 10.6 Å². The van der Waals surface area contributed by atoms with Crippen LogP contribution in [-0.2, 0) is 6.32 Å². The van der Waals surface area contributed by atoms with Crippen LogP contribution >= 0.6 is 0 Å². The lowest BCUT2D eigenvalue weighted by Gasteiger charge is -1.99. The van der Waals surface area contributed by atoms with Crippen LogP contribution in [0.15, 0.2) is 18.2 Å². The third kappa shape index (κ3) is 1.64. The summed E-state index contributed by atoms with van der Waals surface area (Å²) in [7, 11) is 1.91. The largest absolute Gasteiger partial charge is 0.272 e. The molecule has 0 aliphatic heterocycles. The molecule has 0 aliphatic carbocycles. The Bertz CT molecular complexity index is 312. The number of hydrogen-bond acceptors (Lipinski definition) is 2. The van der Waals surface area contributed by atoms with Crippen molar-refractivity contribution >= 4 is 13.5 Å². The highest BCUT2D eigenvalue weighted by Crippen LogP contribution is 2.19. The number of nitro groups is 1. The summed E-state index contributed by atoms with van der Waals surface area (Å²) >= 11 is 0. The molecule has 0 atom stereocenters. The molecule has 0 heterocycles. The first-order chi connectivity index (χ1) is 5.65. The maximum Gasteiger partial charge on any atom is 0.272 e. The number of hydrogen-bond donors (Lipinski definition) is 0. The molecule has 1 aromatic rings. The molecular formula is C8H10BNO2. The summed E-state index contributed by atoms with van der Waals surface area (Å²) in [4.78, 5) is 10.2. The van der Waals surface area contributed by atoms with Crippen molar-refractivity contribution in [3.05, 3.63) is 39.4 Å². The predicted octanol–water partition coefficient (Wildman–Crippen LogP) is 1.04. The highest BCUT2D eigenvalue weighted by Gasteiger charge is 2.10. The van der Waals surface area contributed by atoms with Crippen molar-refractivity contribution in [2.75, 3.05) is 0 Å². The smallest absolute Gasteiger partial charge is 0.258 e. The molecule has 3 nitrogen and oxygen atoms in total. The molecule has 0 N–H and O–H groups in total. The molecule has 0 aromatic heterocycles. The first kappa shape index (κ1) is 8.78. The van der Waals surface area contributed by atoms with Crippen LogP contribution < -0.4 is 0 Å². The molecule has 12 heavy (non-hydrogen) atoms. The molecule has 0 saturated heterocycles. The quantitative estimate of drug-likeness (QED) is 0.371. The standard InChI is InChI=1S/C8H10BNO2/c1-6-2-3-7(5-9)8(4-6)10(11)12/h2-4H,5,9H2,1H3. The second-order valence-electron chi connectivity index (χ2n) is 2.74. The summed E-state index contributed by atoms with van der Waals surface area (Å²) in [5, 5.41) is 10.5. The van der Waals surface area contributed by atoms with Crippen molar-refractivity contribution in [1.82, 2.24) is 0 Å². The molecule has 0 saturated carbocycles. The van der Waals surface area contributed by atoms with E-state index in [9.17, 15) is 10.1 Å². The average molecular weight is 163 g/mol. The Morgan fingerprint density at radius 1 is 1.58 bits per heavy atom. The van der Waals surface area contributed by atoms with Gasteiger partial charge in [-0.25, -0.2) is 0 Å². The summed E-state index contributed by atoms with van der Waals surface area (Å²) in [5.41, 5.74) is 1.96. The average Bonchev–Trinajstić information content (AvgIpc) is 2.04. The number of rotatable bonds is 2. The fourth-order valence-electron chi connectivity index (χ4n) is 1.14. The molecular weight excluding hydrogens is 153 g/mol. The zero-order valence-electron chi connectivity index (χ0n) is 7.20. The highest BCUT2D eigenvalue weighted by molar-refractivity contribution is 6.08. The normalized spacial score (nSPS) is 9.75. The summed E-state index contributed by atoms with van der Waals surface area (Å²) in [6.07, 6.45) is 0.705. The molecule has 0 spiro atoms. The number of aryl methyl sites for hydroxylation is 1. The van der Waals surface area contributed by atoms with Crippen molar-refractivity contribution in [2.24, 2.45) is 0 Å². The van der Waals surface area contributed by atoms with Gasteiger partial charge in [0.1, 0.15) is 7.85 Å². The lowest BCUT2D eigenvalue weighted by molar-refractivity contribution is -0.385. The maximum absolute atomic E-state index is 10.5. The van der Waals surface area contributed by atoms with E-state index in [1.165, 1.54) is 0 Å². The topological polar surface area (TPSA) is 43.1 Å². The van der Waals surface area contributed by atoms with Gasteiger partial charge in [-0.05, 0) is 18.8 Å². The monoisotopic (exact) mass is 163 g/mol. The van der Waals surface area contributed by atoms with Crippen LogP contribution in [0.4, 0.5) is 5.69 Å².